The molecule has 1 saturated heterocycles. The fraction of sp³-hybridized carbons (Fsp3) is 0.346. The lowest BCUT2D eigenvalue weighted by Crippen LogP contribution is -2.49. The number of non-ortho nitro benzene ring substituents is 1. The van der Waals surface area contributed by atoms with Crippen LogP contribution in [0.5, 0.6) is 0 Å². The first kappa shape index (κ1) is 22.0. The summed E-state index contributed by atoms with van der Waals surface area (Å²) in [6, 6.07) is 12.4. The molecule has 0 aromatic heterocycles. The summed E-state index contributed by atoms with van der Waals surface area (Å²) < 4.78 is 0. The van der Waals surface area contributed by atoms with Gasteiger partial charge in [-0.25, -0.2) is 0 Å². The van der Waals surface area contributed by atoms with Gasteiger partial charge in [-0.3, -0.25) is 29.4 Å². The van der Waals surface area contributed by atoms with E-state index in [0.29, 0.717) is 11.3 Å². The normalized spacial score (nSPS) is 25.9. The van der Waals surface area contributed by atoms with Crippen LogP contribution in [0.2, 0.25) is 0 Å². The Morgan fingerprint density at radius 3 is 2.21 bits per heavy atom. The van der Waals surface area contributed by atoms with Crippen LogP contribution >= 0.6 is 0 Å². The van der Waals surface area contributed by atoms with Gasteiger partial charge in [-0.2, -0.15) is 0 Å². The fourth-order valence-corrected chi connectivity index (χ4v) is 5.66. The molecule has 1 N–H and O–H groups in total. The number of carbonyl (C=O) groups excluding carboxylic acids is 3. The van der Waals surface area contributed by atoms with Gasteiger partial charge < -0.3 is 5.32 Å². The monoisotopic (exact) mass is 459 g/mol. The van der Waals surface area contributed by atoms with Crippen molar-refractivity contribution in [3.8, 4) is 0 Å². The van der Waals surface area contributed by atoms with Crippen LogP contribution in [0.1, 0.15) is 24.0 Å². The van der Waals surface area contributed by atoms with Crippen molar-refractivity contribution in [2.45, 2.75) is 32.2 Å². The van der Waals surface area contributed by atoms with Gasteiger partial charge in [0.2, 0.25) is 17.7 Å². The van der Waals surface area contributed by atoms with E-state index < -0.39 is 28.7 Å². The van der Waals surface area contributed by atoms with Crippen LogP contribution in [0.3, 0.4) is 0 Å². The highest BCUT2D eigenvalue weighted by molar-refractivity contribution is 6.10. The third-order valence-electron chi connectivity index (χ3n) is 7.36. The van der Waals surface area contributed by atoms with Gasteiger partial charge in [0.15, 0.2) is 0 Å². The zero-order valence-electron chi connectivity index (χ0n) is 18.7. The number of nitro groups is 1. The van der Waals surface area contributed by atoms with E-state index in [2.05, 4.69) is 17.5 Å². The van der Waals surface area contributed by atoms with Gasteiger partial charge in [0.05, 0.1) is 16.8 Å². The van der Waals surface area contributed by atoms with Gasteiger partial charge in [-0.15, -0.1) is 0 Å². The minimum absolute atomic E-state index is 0.0359. The molecule has 0 radical (unpaired) electrons. The summed E-state index contributed by atoms with van der Waals surface area (Å²) in [5, 5.41) is 13.9. The molecule has 3 aliphatic carbocycles. The fourth-order valence-electron chi connectivity index (χ4n) is 5.66. The number of hydrogen-bond acceptors (Lipinski definition) is 5. The number of aryl methyl sites for hydroxylation is 1. The number of imide groups is 1. The van der Waals surface area contributed by atoms with Gasteiger partial charge in [0, 0.05) is 24.2 Å². The molecule has 8 nitrogen and oxygen atoms in total. The predicted molar refractivity (Wildman–Crippen MR) is 125 cm³/mol. The van der Waals surface area contributed by atoms with E-state index in [-0.39, 0.29) is 35.8 Å². The molecule has 1 aliphatic heterocycles. The topological polar surface area (TPSA) is 110 Å². The number of carbonyl (C=O) groups is 3. The van der Waals surface area contributed by atoms with Crippen molar-refractivity contribution in [2.75, 3.05) is 5.32 Å². The van der Waals surface area contributed by atoms with E-state index in [9.17, 15) is 24.5 Å². The highest BCUT2D eigenvalue weighted by Gasteiger charge is 2.58. The molecular weight excluding hydrogens is 434 g/mol. The first-order valence-electron chi connectivity index (χ1n) is 11.5. The average Bonchev–Trinajstić information content (AvgIpc) is 3.12. The molecule has 2 aromatic carbocycles. The molecule has 34 heavy (non-hydrogen) atoms. The molecule has 2 bridgehead atoms. The zero-order chi connectivity index (χ0) is 24.0. The lowest BCUT2D eigenvalue weighted by molar-refractivity contribution is -0.384. The van der Waals surface area contributed by atoms with E-state index in [1.165, 1.54) is 23.1 Å². The number of likely N-dealkylation sites (tertiary alicyclic amines) is 1. The van der Waals surface area contributed by atoms with Crippen LogP contribution in [-0.2, 0) is 20.8 Å². The molecule has 1 saturated carbocycles. The first-order chi connectivity index (χ1) is 16.3. The Balaban J connectivity index is 1.47. The molecule has 3 amide bonds. The Morgan fingerprint density at radius 1 is 1.06 bits per heavy atom. The summed E-state index contributed by atoms with van der Waals surface area (Å²) in [4.78, 5) is 52.4. The molecule has 1 heterocycles. The van der Waals surface area contributed by atoms with Gasteiger partial charge in [-0.1, -0.05) is 42.5 Å². The predicted octanol–water partition coefficient (Wildman–Crippen LogP) is 3.65. The lowest BCUT2D eigenvalue weighted by atomic mass is 9.63. The summed E-state index contributed by atoms with van der Waals surface area (Å²) in [5.41, 5.74) is 1.69. The molecular formula is C26H25N3O5. The van der Waals surface area contributed by atoms with E-state index in [0.717, 1.165) is 18.4 Å². The summed E-state index contributed by atoms with van der Waals surface area (Å²) in [6.45, 7) is 1.67. The Morgan fingerprint density at radius 2 is 1.68 bits per heavy atom. The Kier molecular flexibility index (Phi) is 5.51. The van der Waals surface area contributed by atoms with Crippen LogP contribution in [0.15, 0.2) is 60.7 Å². The number of amides is 3. The van der Waals surface area contributed by atoms with Crippen LogP contribution < -0.4 is 5.32 Å². The van der Waals surface area contributed by atoms with Crippen molar-refractivity contribution in [3.63, 3.8) is 0 Å². The molecule has 6 rings (SSSR count). The first-order valence-corrected chi connectivity index (χ1v) is 11.5. The van der Waals surface area contributed by atoms with Crippen LogP contribution in [-0.4, -0.2) is 33.6 Å². The number of nitro benzene ring substituents is 1. The van der Waals surface area contributed by atoms with E-state index in [4.69, 9.17) is 0 Å². The van der Waals surface area contributed by atoms with E-state index in [1.54, 1.807) is 6.92 Å². The molecule has 5 unspecified atom stereocenters. The van der Waals surface area contributed by atoms with Gasteiger partial charge >= 0.3 is 0 Å². The summed E-state index contributed by atoms with van der Waals surface area (Å²) >= 11 is 0. The molecule has 5 atom stereocenters. The standard InChI is InChI=1S/C26H25N3O5/c1-15-13-19(29(33)34)11-12-20(15)27-24(30)21(14-16-5-3-2-4-6-16)28-25(31)22-17-7-8-18(10-9-17)23(22)26(28)32/h2-8,11-13,17-18,21-23H,9-10,14H2,1H3,(H,27,30). The maximum absolute atomic E-state index is 13.5. The maximum Gasteiger partial charge on any atom is 0.269 e. The highest BCUT2D eigenvalue weighted by Crippen LogP contribution is 2.50. The van der Waals surface area contributed by atoms with Gasteiger partial charge in [0.1, 0.15) is 6.04 Å². The molecule has 0 spiro atoms. The average molecular weight is 460 g/mol. The zero-order valence-corrected chi connectivity index (χ0v) is 18.7. The minimum Gasteiger partial charge on any atom is -0.324 e. The van der Waals surface area contributed by atoms with Crippen LogP contribution in [0, 0.1) is 40.7 Å². The highest BCUT2D eigenvalue weighted by atomic mass is 16.6. The number of benzene rings is 2. The molecule has 174 valence electrons. The van der Waals surface area contributed by atoms with Crippen molar-refractivity contribution in [1.29, 1.82) is 0 Å². The summed E-state index contributed by atoms with van der Waals surface area (Å²) in [6.07, 6.45) is 6.06. The van der Waals surface area contributed by atoms with Crippen LogP contribution in [0.25, 0.3) is 0 Å². The number of fused-ring (bicyclic) bond motifs is 1. The quantitative estimate of drug-likeness (QED) is 0.307. The molecule has 2 fully saturated rings. The number of anilines is 1. The third kappa shape index (κ3) is 3.69. The van der Waals surface area contributed by atoms with Gasteiger partial charge in [0.25, 0.3) is 5.69 Å². The SMILES string of the molecule is Cc1cc([N+](=O)[O-])ccc1NC(=O)C(Cc1ccccc1)N1C(=O)C2C3C=CC(CC3)C2C1=O. The summed E-state index contributed by atoms with van der Waals surface area (Å²) in [7, 11) is 0. The smallest absolute Gasteiger partial charge is 0.269 e. The van der Waals surface area contributed by atoms with Crippen molar-refractivity contribution < 1.29 is 19.3 Å². The van der Waals surface area contributed by atoms with Crippen molar-refractivity contribution >= 4 is 29.1 Å². The Hall–Kier alpha value is -3.81. The number of allylic oxidation sites excluding steroid dienone is 2. The maximum atomic E-state index is 13.5. The molecule has 8 heteroatoms. The van der Waals surface area contributed by atoms with E-state index >= 15 is 0 Å². The van der Waals surface area contributed by atoms with Crippen molar-refractivity contribution in [2.24, 2.45) is 23.7 Å². The number of hydrogen-bond donors (Lipinski definition) is 1. The summed E-state index contributed by atoms with van der Waals surface area (Å²) in [5.74, 6) is -1.76. The molecule has 2 aromatic rings. The van der Waals surface area contributed by atoms with E-state index in [1.807, 2.05) is 30.3 Å². The second-order valence-corrected chi connectivity index (χ2v) is 9.34. The van der Waals surface area contributed by atoms with Crippen LogP contribution in [0.4, 0.5) is 11.4 Å². The number of rotatable bonds is 6. The van der Waals surface area contributed by atoms with Crippen molar-refractivity contribution in [1.82, 2.24) is 4.90 Å². The van der Waals surface area contributed by atoms with Gasteiger partial charge in [-0.05, 0) is 48.8 Å². The largest absolute Gasteiger partial charge is 0.324 e. The lowest BCUT2D eigenvalue weighted by Gasteiger charge is -2.38. The Bertz CT molecular complexity index is 1180. The molecule has 4 aliphatic rings. The second-order valence-electron chi connectivity index (χ2n) is 9.34. The second kappa shape index (κ2) is 8.52. The number of nitrogens with one attached hydrogen (secondary N) is 1. The third-order valence-corrected chi connectivity index (χ3v) is 7.36. The van der Waals surface area contributed by atoms with Crippen molar-refractivity contribution in [3.05, 3.63) is 81.9 Å². The minimum atomic E-state index is -1.01. The Labute approximate surface area is 196 Å². The number of nitrogens with zero attached hydrogens (tertiary/aromatic N) is 2.